The van der Waals surface area contributed by atoms with Gasteiger partial charge in [0.15, 0.2) is 11.4 Å². The largest absolute Gasteiger partial charge is 0.640 e. The van der Waals surface area contributed by atoms with Gasteiger partial charge in [-0.1, -0.05) is 83.3 Å². The van der Waals surface area contributed by atoms with E-state index in [9.17, 15) is 5.11 Å². The van der Waals surface area contributed by atoms with Crippen molar-refractivity contribution in [3.63, 3.8) is 0 Å². The highest BCUT2D eigenvalue weighted by Gasteiger charge is 2.15. The molecule has 0 amide bonds. The van der Waals surface area contributed by atoms with Gasteiger partial charge in [0.25, 0.3) is 5.52 Å². The van der Waals surface area contributed by atoms with Crippen molar-refractivity contribution in [2.45, 2.75) is 13.8 Å². The Kier molecular flexibility index (Phi) is 7.70. The van der Waals surface area contributed by atoms with Crippen molar-refractivity contribution in [1.82, 2.24) is 4.98 Å². The maximum Gasteiger partial charge on any atom is 0.570 e. The van der Waals surface area contributed by atoms with Crippen molar-refractivity contribution >= 4 is 41.8 Å². The number of fused-ring (bicyclic) bond motifs is 2. The monoisotopic (exact) mass is 512 g/mol. The Bertz CT molecular complexity index is 1700. The van der Waals surface area contributed by atoms with Gasteiger partial charge in [-0.3, -0.25) is 0 Å². The first-order valence-corrected chi connectivity index (χ1v) is 13.6. The van der Waals surface area contributed by atoms with Gasteiger partial charge in [-0.2, -0.15) is 4.57 Å². The van der Waals surface area contributed by atoms with E-state index in [1.54, 1.807) is 6.07 Å². The molecule has 4 nitrogen and oxygen atoms in total. The summed E-state index contributed by atoms with van der Waals surface area (Å²) in [6.07, 6.45) is 0. The molecule has 0 bridgehead atoms. The third kappa shape index (κ3) is 5.70. The Hall–Kier alpha value is -4.17. The van der Waals surface area contributed by atoms with Crippen LogP contribution in [0.25, 0.3) is 32.9 Å². The molecule has 0 aliphatic carbocycles. The van der Waals surface area contributed by atoms with Gasteiger partial charge in [-0.05, 0) is 48.4 Å². The molecule has 38 heavy (non-hydrogen) atoms. The summed E-state index contributed by atoms with van der Waals surface area (Å²) in [5.41, 5.74) is 6.45. The van der Waals surface area contributed by atoms with Crippen molar-refractivity contribution in [2.24, 2.45) is 7.05 Å². The van der Waals surface area contributed by atoms with Crippen molar-refractivity contribution in [3.05, 3.63) is 127 Å². The first kappa shape index (κ1) is 25.5. The quantitative estimate of drug-likeness (QED) is 0.226. The van der Waals surface area contributed by atoms with Gasteiger partial charge in [0.1, 0.15) is 18.3 Å². The number of rotatable bonds is 4. The van der Waals surface area contributed by atoms with Crippen LogP contribution in [-0.4, -0.2) is 25.6 Å². The summed E-state index contributed by atoms with van der Waals surface area (Å²) in [7, 11) is 2.09. The van der Waals surface area contributed by atoms with Gasteiger partial charge in [-0.25, -0.2) is 4.98 Å². The fraction of sp³-hybridized carbons (Fsp3) is 0.0909. The van der Waals surface area contributed by atoms with Crippen LogP contribution in [0.4, 0.5) is 0 Å². The average molecular weight is 513 g/mol. The summed E-state index contributed by atoms with van der Waals surface area (Å²) in [5, 5.41) is 11.6. The van der Waals surface area contributed by atoms with Crippen LogP contribution in [0.15, 0.2) is 115 Å². The van der Waals surface area contributed by atoms with Gasteiger partial charge in [-0.15, -0.1) is 0 Å². The first-order valence-electron chi connectivity index (χ1n) is 12.6. The van der Waals surface area contributed by atoms with Gasteiger partial charge in [0.05, 0.1) is 5.39 Å². The van der Waals surface area contributed by atoms with Crippen molar-refractivity contribution in [1.29, 1.82) is 0 Å². The summed E-state index contributed by atoms with van der Waals surface area (Å²) < 4.78 is 9.69. The molecule has 2 heterocycles. The van der Waals surface area contributed by atoms with E-state index >= 15 is 0 Å². The van der Waals surface area contributed by atoms with Gasteiger partial charge < -0.3 is 8.90 Å². The van der Waals surface area contributed by atoms with Crippen LogP contribution >= 0.6 is 0 Å². The molecular weight excluding hydrogens is 483 g/mol. The second-order valence-electron chi connectivity index (χ2n) is 9.25. The Balaban J connectivity index is 0.000000204. The maximum atomic E-state index is 9.43. The molecule has 0 saturated carbocycles. The highest BCUT2D eigenvalue weighted by molar-refractivity contribution is 6.47. The second-order valence-corrected chi connectivity index (χ2v) is 10.4. The minimum Gasteiger partial charge on any atom is -0.640 e. The van der Waals surface area contributed by atoms with Crippen LogP contribution in [0.5, 0.6) is 11.5 Å². The van der Waals surface area contributed by atoms with Gasteiger partial charge >= 0.3 is 15.6 Å². The van der Waals surface area contributed by atoms with E-state index in [1.807, 2.05) is 37.3 Å². The SMILES string of the molecule is Cc1ccc2cccc(O)c2n1.Cc1ccc2cccc([O][Al][c]3ccc(-c4ccccc4)cc3)c2[n+]1C. The number of nitrogens with zero attached hydrogens (tertiary/aromatic N) is 2. The molecule has 0 unspecified atom stereocenters. The normalized spacial score (nSPS) is 10.6. The number of phenolic OH excluding ortho intramolecular Hbond substituents is 1. The maximum absolute atomic E-state index is 9.43. The third-order valence-corrected chi connectivity index (χ3v) is 7.61. The summed E-state index contributed by atoms with van der Waals surface area (Å²) in [6, 6.07) is 39.0. The minimum absolute atomic E-state index is 0.246. The third-order valence-electron chi connectivity index (χ3n) is 6.58. The smallest absolute Gasteiger partial charge is 0.570 e. The highest BCUT2D eigenvalue weighted by Crippen LogP contribution is 2.23. The van der Waals surface area contributed by atoms with Gasteiger partial charge in [0, 0.05) is 24.1 Å². The summed E-state index contributed by atoms with van der Waals surface area (Å²) in [5.74, 6) is 1.20. The number of aromatic nitrogens is 2. The number of phenols is 1. The molecule has 0 atom stereocenters. The van der Waals surface area contributed by atoms with E-state index in [-0.39, 0.29) is 21.3 Å². The summed E-state index contributed by atoms with van der Waals surface area (Å²) in [6.45, 7) is 4.03. The lowest BCUT2D eigenvalue weighted by Gasteiger charge is -2.09. The number of benzene rings is 4. The summed E-state index contributed by atoms with van der Waals surface area (Å²) in [4.78, 5) is 4.23. The Morgan fingerprint density at radius 1 is 0.684 bits per heavy atom. The molecular formula is C33H29AlN2O2+. The van der Waals surface area contributed by atoms with Gasteiger partial charge in [0.2, 0.25) is 0 Å². The number of para-hydroxylation sites is 2. The number of pyridine rings is 2. The van der Waals surface area contributed by atoms with E-state index in [2.05, 4.69) is 102 Å². The molecule has 185 valence electrons. The number of aryl methyl sites for hydroxylation is 3. The molecule has 0 aliphatic rings. The molecule has 0 fully saturated rings. The fourth-order valence-corrected chi connectivity index (χ4v) is 5.17. The van der Waals surface area contributed by atoms with E-state index in [1.165, 1.54) is 26.6 Å². The lowest BCUT2D eigenvalue weighted by molar-refractivity contribution is -0.651. The fourth-order valence-electron chi connectivity index (χ4n) is 4.37. The Labute approximate surface area is 229 Å². The zero-order chi connectivity index (χ0) is 26.5. The van der Waals surface area contributed by atoms with Crippen LogP contribution in [0.1, 0.15) is 11.4 Å². The molecule has 0 saturated heterocycles. The molecule has 6 rings (SSSR count). The molecule has 6 aromatic rings. The Morgan fingerprint density at radius 3 is 2.16 bits per heavy atom. The summed E-state index contributed by atoms with van der Waals surface area (Å²) >= 11 is -0.278. The predicted molar refractivity (Wildman–Crippen MR) is 156 cm³/mol. The van der Waals surface area contributed by atoms with Crippen LogP contribution in [0.2, 0.25) is 0 Å². The second kappa shape index (κ2) is 11.5. The number of aromatic hydroxyl groups is 1. The number of hydrogen-bond donors (Lipinski definition) is 1. The molecule has 2 aromatic heterocycles. The molecule has 0 spiro atoms. The molecule has 1 radical (unpaired) electrons. The standard InChI is InChI=1S/C12H9.C11H11NO.C10H9NO.Al/c1-3-7-11(8-4-1)12-9-5-2-6-10-12;1-8-6-7-9-4-3-5-10(13)11(9)12(8)2;1-7-5-6-8-3-2-4-9(12)10(8)11-7;/h1,3-10H;3-7H,1-2H3;2-6,12H,1H3;/q;;;+1. The first-order chi connectivity index (χ1) is 18.5. The lowest BCUT2D eigenvalue weighted by Crippen LogP contribution is -2.33. The number of hydrogen-bond acceptors (Lipinski definition) is 3. The van der Waals surface area contributed by atoms with E-state index < -0.39 is 0 Å². The zero-order valence-electron chi connectivity index (χ0n) is 21.8. The van der Waals surface area contributed by atoms with E-state index in [0.717, 1.165) is 22.3 Å². The zero-order valence-corrected chi connectivity index (χ0v) is 23.0. The minimum atomic E-state index is -0.278. The van der Waals surface area contributed by atoms with E-state index in [4.69, 9.17) is 3.79 Å². The highest BCUT2D eigenvalue weighted by atomic mass is 27.1. The molecule has 1 N–H and O–H groups in total. The lowest BCUT2D eigenvalue weighted by atomic mass is 10.1. The molecule has 0 aliphatic heterocycles. The molecule has 4 aromatic carbocycles. The van der Waals surface area contributed by atoms with Crippen LogP contribution < -0.4 is 12.8 Å². The predicted octanol–water partition coefficient (Wildman–Crippen LogP) is 6.21. The Morgan fingerprint density at radius 2 is 1.37 bits per heavy atom. The van der Waals surface area contributed by atoms with Crippen molar-refractivity contribution in [3.8, 4) is 22.6 Å². The van der Waals surface area contributed by atoms with Crippen molar-refractivity contribution < 1.29 is 13.5 Å². The van der Waals surface area contributed by atoms with Crippen LogP contribution in [-0.2, 0) is 7.05 Å². The van der Waals surface area contributed by atoms with Crippen molar-refractivity contribution in [2.75, 3.05) is 0 Å². The van der Waals surface area contributed by atoms with E-state index in [0.29, 0.717) is 5.52 Å². The molecule has 5 heteroatoms. The average Bonchev–Trinajstić information content (AvgIpc) is 2.95. The topological polar surface area (TPSA) is 46.2 Å². The van der Waals surface area contributed by atoms with Crippen LogP contribution in [0.3, 0.4) is 0 Å². The van der Waals surface area contributed by atoms with Crippen LogP contribution in [0, 0.1) is 13.8 Å².